The fraction of sp³-hybridized carbons (Fsp3) is 0.438. The number of hydrogen-bond donors (Lipinski definition) is 2. The predicted molar refractivity (Wildman–Crippen MR) is 90.6 cm³/mol. The van der Waals surface area contributed by atoms with Gasteiger partial charge in [0.05, 0.1) is 5.92 Å². The number of likely N-dealkylation sites (tertiary alicyclic amines) is 1. The third-order valence-electron chi connectivity index (χ3n) is 3.95. The third kappa shape index (κ3) is 5.80. The number of benzene rings is 1. The molecular weight excluding hydrogens is 367 g/mol. The van der Waals surface area contributed by atoms with Crippen LogP contribution >= 0.6 is 0 Å². The van der Waals surface area contributed by atoms with Crippen molar-refractivity contribution < 1.29 is 32.3 Å². The second-order valence-corrected chi connectivity index (χ2v) is 8.17. The number of carboxylic acids is 1. The Hall–Kier alpha value is -2.49. The first-order valence-electron chi connectivity index (χ1n) is 7.93. The molecule has 1 aromatic rings. The number of carbonyl (C=O) groups is 3. The van der Waals surface area contributed by atoms with Crippen LogP contribution in [0.15, 0.2) is 24.3 Å². The van der Waals surface area contributed by atoms with Crippen LogP contribution in [0.4, 0.5) is 10.1 Å². The van der Waals surface area contributed by atoms with Gasteiger partial charge < -0.3 is 15.3 Å². The summed E-state index contributed by atoms with van der Waals surface area (Å²) in [5.41, 5.74) is 0.234. The number of carboxylic acid groups (broad SMARTS) is 1. The van der Waals surface area contributed by atoms with E-state index in [1.807, 2.05) is 0 Å². The quantitative estimate of drug-likeness (QED) is 0.735. The van der Waals surface area contributed by atoms with E-state index in [4.69, 9.17) is 5.11 Å². The van der Waals surface area contributed by atoms with E-state index in [2.05, 4.69) is 5.32 Å². The number of nitrogens with zero attached hydrogens (tertiary/aromatic N) is 1. The van der Waals surface area contributed by atoms with Crippen molar-refractivity contribution >= 4 is 33.3 Å². The van der Waals surface area contributed by atoms with Crippen molar-refractivity contribution in [2.24, 2.45) is 5.92 Å². The third-order valence-corrected chi connectivity index (χ3v) is 5.33. The van der Waals surface area contributed by atoms with E-state index in [-0.39, 0.29) is 12.2 Å². The van der Waals surface area contributed by atoms with E-state index < -0.39 is 50.9 Å². The molecule has 2 amide bonds. The van der Waals surface area contributed by atoms with Gasteiger partial charge in [-0.2, -0.15) is 0 Å². The standard InChI is InChI=1S/C16H19FN2O6S/c17-12-3-5-13(6-4-12)18-14(20)9-26(24,25)10-15(21)19-7-1-2-11(8-19)16(22)23/h3-6,11H,1-2,7-10H2,(H,18,20)(H,22,23). The minimum atomic E-state index is -4.02. The monoisotopic (exact) mass is 386 g/mol. The first-order chi connectivity index (χ1) is 12.2. The number of sulfone groups is 1. The molecule has 0 bridgehead atoms. The number of amides is 2. The Bertz CT molecular complexity index is 793. The number of aliphatic carboxylic acids is 1. The molecule has 1 aliphatic heterocycles. The lowest BCUT2D eigenvalue weighted by Crippen LogP contribution is -2.45. The zero-order chi connectivity index (χ0) is 19.3. The summed E-state index contributed by atoms with van der Waals surface area (Å²) in [6, 6.07) is 4.79. The normalized spacial score (nSPS) is 17.6. The average Bonchev–Trinajstić information content (AvgIpc) is 2.56. The topological polar surface area (TPSA) is 121 Å². The Labute approximate surface area is 149 Å². The van der Waals surface area contributed by atoms with E-state index in [1.165, 1.54) is 17.0 Å². The fourth-order valence-electron chi connectivity index (χ4n) is 2.67. The highest BCUT2D eigenvalue weighted by atomic mass is 32.2. The van der Waals surface area contributed by atoms with Crippen molar-refractivity contribution in [2.75, 3.05) is 29.9 Å². The number of halogens is 1. The Morgan fingerprint density at radius 3 is 2.46 bits per heavy atom. The molecule has 10 heteroatoms. The summed E-state index contributed by atoms with van der Waals surface area (Å²) < 4.78 is 36.9. The van der Waals surface area contributed by atoms with Crippen LogP contribution < -0.4 is 5.32 Å². The van der Waals surface area contributed by atoms with Crippen molar-refractivity contribution in [3.8, 4) is 0 Å². The molecule has 0 spiro atoms. The molecule has 26 heavy (non-hydrogen) atoms. The predicted octanol–water partition coefficient (Wildman–Crippen LogP) is 0.502. The van der Waals surface area contributed by atoms with Gasteiger partial charge in [0, 0.05) is 18.8 Å². The van der Waals surface area contributed by atoms with Gasteiger partial charge in [0.1, 0.15) is 17.3 Å². The van der Waals surface area contributed by atoms with Gasteiger partial charge in [0.15, 0.2) is 9.84 Å². The number of hydrogen-bond acceptors (Lipinski definition) is 5. The molecule has 1 atom stereocenters. The highest BCUT2D eigenvalue weighted by molar-refractivity contribution is 7.92. The summed E-state index contributed by atoms with van der Waals surface area (Å²) in [7, 11) is -4.02. The minimum Gasteiger partial charge on any atom is -0.481 e. The van der Waals surface area contributed by atoms with E-state index in [9.17, 15) is 27.2 Å². The van der Waals surface area contributed by atoms with Gasteiger partial charge in [-0.05, 0) is 37.1 Å². The van der Waals surface area contributed by atoms with Gasteiger partial charge in [0.25, 0.3) is 0 Å². The molecule has 1 aliphatic rings. The van der Waals surface area contributed by atoms with Crippen LogP contribution in [0.2, 0.25) is 0 Å². The molecule has 1 heterocycles. The molecule has 2 rings (SSSR count). The summed E-state index contributed by atoms with van der Waals surface area (Å²) in [5.74, 6) is -5.55. The summed E-state index contributed by atoms with van der Waals surface area (Å²) in [6.07, 6.45) is 0.916. The van der Waals surface area contributed by atoms with Gasteiger partial charge in [-0.3, -0.25) is 14.4 Å². The van der Waals surface area contributed by atoms with Crippen molar-refractivity contribution in [1.82, 2.24) is 4.90 Å². The maximum absolute atomic E-state index is 12.8. The molecule has 0 aromatic heterocycles. The Morgan fingerprint density at radius 1 is 1.19 bits per heavy atom. The minimum absolute atomic E-state index is 0.0362. The van der Waals surface area contributed by atoms with Gasteiger partial charge >= 0.3 is 5.97 Å². The zero-order valence-corrected chi connectivity index (χ0v) is 14.7. The van der Waals surface area contributed by atoms with Crippen LogP contribution in [0.3, 0.4) is 0 Å². The molecule has 142 valence electrons. The SMILES string of the molecule is O=C(CS(=O)(=O)CC(=O)N1CCCC(C(=O)O)C1)Nc1ccc(F)cc1. The van der Waals surface area contributed by atoms with E-state index in [1.54, 1.807) is 0 Å². The average molecular weight is 386 g/mol. The molecule has 0 aliphatic carbocycles. The zero-order valence-electron chi connectivity index (χ0n) is 13.9. The lowest BCUT2D eigenvalue weighted by molar-refractivity contribution is -0.145. The van der Waals surface area contributed by atoms with Gasteiger partial charge in [0.2, 0.25) is 11.8 Å². The molecule has 8 nitrogen and oxygen atoms in total. The number of piperidine rings is 1. The maximum Gasteiger partial charge on any atom is 0.308 e. The maximum atomic E-state index is 12.8. The van der Waals surface area contributed by atoms with Crippen LogP contribution in [0, 0.1) is 11.7 Å². The van der Waals surface area contributed by atoms with Crippen LogP contribution in [-0.2, 0) is 24.2 Å². The van der Waals surface area contributed by atoms with Crippen molar-refractivity contribution in [3.63, 3.8) is 0 Å². The van der Waals surface area contributed by atoms with E-state index in [0.717, 1.165) is 12.1 Å². The van der Waals surface area contributed by atoms with Crippen LogP contribution in [0.5, 0.6) is 0 Å². The second-order valence-electron chi connectivity index (χ2n) is 6.10. The molecule has 1 unspecified atom stereocenters. The Morgan fingerprint density at radius 2 is 1.85 bits per heavy atom. The lowest BCUT2D eigenvalue weighted by Gasteiger charge is -2.30. The van der Waals surface area contributed by atoms with Gasteiger partial charge in [-0.1, -0.05) is 0 Å². The number of rotatable bonds is 6. The van der Waals surface area contributed by atoms with Crippen LogP contribution in [0.1, 0.15) is 12.8 Å². The van der Waals surface area contributed by atoms with Gasteiger partial charge in [-0.25, -0.2) is 12.8 Å². The van der Waals surface area contributed by atoms with Crippen LogP contribution in [0.25, 0.3) is 0 Å². The second kappa shape index (κ2) is 8.26. The summed E-state index contributed by atoms with van der Waals surface area (Å²) in [4.78, 5) is 36.2. The highest BCUT2D eigenvalue weighted by Gasteiger charge is 2.30. The summed E-state index contributed by atoms with van der Waals surface area (Å²) in [6.45, 7) is 0.255. The number of carbonyl (C=O) groups excluding carboxylic acids is 2. The smallest absolute Gasteiger partial charge is 0.308 e. The lowest BCUT2D eigenvalue weighted by atomic mass is 9.98. The number of anilines is 1. The molecule has 1 aromatic carbocycles. The Balaban J connectivity index is 1.90. The molecular formula is C16H19FN2O6S. The summed E-state index contributed by atoms with van der Waals surface area (Å²) in [5, 5.41) is 11.3. The largest absolute Gasteiger partial charge is 0.481 e. The first kappa shape index (κ1) is 19.8. The molecule has 0 radical (unpaired) electrons. The van der Waals surface area contributed by atoms with Crippen LogP contribution in [-0.4, -0.2) is 60.8 Å². The van der Waals surface area contributed by atoms with E-state index in [0.29, 0.717) is 19.4 Å². The highest BCUT2D eigenvalue weighted by Crippen LogP contribution is 2.17. The molecule has 2 N–H and O–H groups in total. The molecule has 0 saturated carbocycles. The Kier molecular flexibility index (Phi) is 6.30. The first-order valence-corrected chi connectivity index (χ1v) is 9.75. The molecule has 1 fully saturated rings. The van der Waals surface area contributed by atoms with E-state index >= 15 is 0 Å². The van der Waals surface area contributed by atoms with Crippen molar-refractivity contribution in [1.29, 1.82) is 0 Å². The fourth-order valence-corrected chi connectivity index (χ4v) is 3.80. The number of nitrogens with one attached hydrogen (secondary N) is 1. The summed E-state index contributed by atoms with van der Waals surface area (Å²) >= 11 is 0. The van der Waals surface area contributed by atoms with Gasteiger partial charge in [-0.15, -0.1) is 0 Å². The molecule has 1 saturated heterocycles. The van der Waals surface area contributed by atoms with Crippen molar-refractivity contribution in [3.05, 3.63) is 30.1 Å². The van der Waals surface area contributed by atoms with Crippen molar-refractivity contribution in [2.45, 2.75) is 12.8 Å².